The van der Waals surface area contributed by atoms with Crippen molar-refractivity contribution in [3.8, 4) is 5.69 Å². The number of nitrogens with zero attached hydrogens (tertiary/aromatic N) is 3. The van der Waals surface area contributed by atoms with E-state index in [-0.39, 0.29) is 5.82 Å². The summed E-state index contributed by atoms with van der Waals surface area (Å²) < 4.78 is 13.4. The first kappa shape index (κ1) is 18.6. The lowest BCUT2D eigenvalue weighted by Gasteiger charge is -2.45. The predicted octanol–water partition coefficient (Wildman–Crippen LogP) is 0.379. The zero-order chi connectivity index (χ0) is 18.4. The molecule has 1 aromatic heterocycles. The molecule has 4 N–H and O–H groups in total. The summed E-state index contributed by atoms with van der Waals surface area (Å²) >= 11 is 2.07. The smallest absolute Gasteiger partial charge is 0.161 e. The standard InChI is InChI=1S/C15H18FN3O4S2/c1-7-17-14(19(18-7)9-5-3-8(16)4-6-9)15(24-2)12(22)10(20)11(21)13(23)25-15/h3-6,10-13,20-23H,1-2H3/t10-,11+,12+,13+,15-/m1/s1. The molecule has 0 saturated carbocycles. The summed E-state index contributed by atoms with van der Waals surface area (Å²) in [5, 5.41) is 45.1. The zero-order valence-electron chi connectivity index (χ0n) is 13.4. The predicted molar refractivity (Wildman–Crippen MR) is 92.9 cm³/mol. The molecule has 0 spiro atoms. The fourth-order valence-electron chi connectivity index (χ4n) is 2.75. The van der Waals surface area contributed by atoms with Crippen molar-refractivity contribution in [2.75, 3.05) is 6.26 Å². The van der Waals surface area contributed by atoms with Crippen LogP contribution in [0, 0.1) is 12.7 Å². The van der Waals surface area contributed by atoms with Gasteiger partial charge in [-0.25, -0.2) is 14.1 Å². The fraction of sp³-hybridized carbons (Fsp3) is 0.467. The van der Waals surface area contributed by atoms with E-state index in [9.17, 15) is 24.8 Å². The molecule has 3 rings (SSSR count). The van der Waals surface area contributed by atoms with Crippen LogP contribution in [-0.2, 0) is 4.08 Å². The Morgan fingerprint density at radius 3 is 2.40 bits per heavy atom. The third-order valence-electron chi connectivity index (χ3n) is 4.05. The molecule has 2 heterocycles. The number of hydrogen-bond acceptors (Lipinski definition) is 8. The highest BCUT2D eigenvalue weighted by molar-refractivity contribution is 8.17. The van der Waals surface area contributed by atoms with Gasteiger partial charge in [0.05, 0.1) is 5.69 Å². The number of thioether (sulfide) groups is 2. The lowest BCUT2D eigenvalue weighted by molar-refractivity contribution is -0.0972. The molecular weight excluding hydrogens is 369 g/mol. The van der Waals surface area contributed by atoms with Crippen LogP contribution in [0.3, 0.4) is 0 Å². The van der Waals surface area contributed by atoms with Crippen LogP contribution in [0.1, 0.15) is 11.6 Å². The highest BCUT2D eigenvalue weighted by Gasteiger charge is 2.56. The van der Waals surface area contributed by atoms with Crippen LogP contribution in [0.5, 0.6) is 0 Å². The van der Waals surface area contributed by atoms with Gasteiger partial charge in [0.2, 0.25) is 0 Å². The van der Waals surface area contributed by atoms with Gasteiger partial charge in [0.15, 0.2) is 9.90 Å². The number of halogens is 1. The third-order valence-corrected chi connectivity index (χ3v) is 7.16. The van der Waals surface area contributed by atoms with Crippen LogP contribution < -0.4 is 0 Å². The normalized spacial score (nSPS) is 32.8. The summed E-state index contributed by atoms with van der Waals surface area (Å²) in [6.07, 6.45) is -2.74. The van der Waals surface area contributed by atoms with Gasteiger partial charge in [-0.1, -0.05) is 11.8 Å². The van der Waals surface area contributed by atoms with E-state index in [2.05, 4.69) is 10.1 Å². The molecule has 1 fully saturated rings. The van der Waals surface area contributed by atoms with Crippen molar-refractivity contribution in [1.29, 1.82) is 0 Å². The van der Waals surface area contributed by atoms with Gasteiger partial charge in [-0.05, 0) is 37.4 Å². The highest BCUT2D eigenvalue weighted by Crippen LogP contribution is 2.54. The van der Waals surface area contributed by atoms with E-state index < -0.39 is 33.6 Å². The van der Waals surface area contributed by atoms with E-state index in [1.54, 1.807) is 13.2 Å². The van der Waals surface area contributed by atoms with Crippen molar-refractivity contribution in [3.05, 3.63) is 41.7 Å². The number of benzene rings is 1. The summed E-state index contributed by atoms with van der Waals surface area (Å²) in [6, 6.07) is 5.59. The maximum absolute atomic E-state index is 13.2. The van der Waals surface area contributed by atoms with Gasteiger partial charge in [0, 0.05) is 0 Å². The molecule has 136 valence electrons. The Morgan fingerprint density at radius 1 is 1.16 bits per heavy atom. The minimum atomic E-state index is -1.55. The molecule has 1 aliphatic heterocycles. The van der Waals surface area contributed by atoms with Crippen LogP contribution in [0.4, 0.5) is 4.39 Å². The molecule has 2 aromatic rings. The summed E-state index contributed by atoms with van der Waals surface area (Å²) in [5.41, 5.74) is -0.794. The largest absolute Gasteiger partial charge is 0.387 e. The quantitative estimate of drug-likeness (QED) is 0.598. The molecule has 0 aliphatic carbocycles. The third kappa shape index (κ3) is 3.07. The van der Waals surface area contributed by atoms with Gasteiger partial charge in [0.1, 0.15) is 35.4 Å². The van der Waals surface area contributed by atoms with Gasteiger partial charge in [-0.15, -0.1) is 11.8 Å². The fourth-order valence-corrected chi connectivity index (χ4v) is 5.30. The number of hydrogen-bond donors (Lipinski definition) is 4. The van der Waals surface area contributed by atoms with Crippen molar-refractivity contribution in [2.24, 2.45) is 0 Å². The second kappa shape index (κ2) is 6.86. The van der Waals surface area contributed by atoms with Crippen molar-refractivity contribution in [2.45, 2.75) is 34.8 Å². The van der Waals surface area contributed by atoms with Gasteiger partial charge in [0.25, 0.3) is 0 Å². The second-order valence-corrected chi connectivity index (χ2v) is 8.35. The highest BCUT2D eigenvalue weighted by atomic mass is 32.2. The van der Waals surface area contributed by atoms with E-state index in [1.807, 2.05) is 0 Å². The molecule has 5 atom stereocenters. The molecule has 1 aliphatic rings. The maximum Gasteiger partial charge on any atom is 0.161 e. The molecule has 10 heteroatoms. The summed E-state index contributed by atoms with van der Waals surface area (Å²) in [6.45, 7) is 1.67. The Balaban J connectivity index is 2.15. The van der Waals surface area contributed by atoms with Crippen LogP contribution in [0.2, 0.25) is 0 Å². The molecular formula is C15H18FN3O4S2. The minimum Gasteiger partial charge on any atom is -0.387 e. The lowest BCUT2D eigenvalue weighted by Crippen LogP contribution is -2.57. The van der Waals surface area contributed by atoms with Crippen LogP contribution >= 0.6 is 23.5 Å². The van der Waals surface area contributed by atoms with E-state index in [1.165, 1.54) is 40.7 Å². The van der Waals surface area contributed by atoms with Gasteiger partial charge in [-0.2, -0.15) is 5.10 Å². The number of aromatic nitrogens is 3. The zero-order valence-corrected chi connectivity index (χ0v) is 15.1. The molecule has 0 unspecified atom stereocenters. The van der Waals surface area contributed by atoms with Crippen molar-refractivity contribution >= 4 is 23.5 Å². The van der Waals surface area contributed by atoms with E-state index in [0.717, 1.165) is 11.8 Å². The van der Waals surface area contributed by atoms with E-state index >= 15 is 0 Å². The Morgan fingerprint density at radius 2 is 1.80 bits per heavy atom. The van der Waals surface area contributed by atoms with Crippen molar-refractivity contribution in [1.82, 2.24) is 14.8 Å². The molecule has 1 aromatic carbocycles. The first-order chi connectivity index (χ1) is 11.8. The molecule has 7 nitrogen and oxygen atoms in total. The summed E-state index contributed by atoms with van der Waals surface area (Å²) in [4.78, 5) is 4.37. The SMILES string of the molecule is CS[C@@]1(c2nc(C)nn2-c2ccc(F)cc2)S[C@H](O)[C@@H](O)[C@@H](O)[C@@H]1O. The Bertz CT molecular complexity index is 760. The second-order valence-electron chi connectivity index (χ2n) is 5.68. The number of rotatable bonds is 3. The van der Waals surface area contributed by atoms with Gasteiger partial charge < -0.3 is 20.4 Å². The van der Waals surface area contributed by atoms with E-state index in [0.29, 0.717) is 11.5 Å². The molecule has 1 saturated heterocycles. The molecule has 25 heavy (non-hydrogen) atoms. The molecule has 0 amide bonds. The van der Waals surface area contributed by atoms with Crippen LogP contribution in [0.25, 0.3) is 5.69 Å². The topological polar surface area (TPSA) is 112 Å². The Hall–Kier alpha value is -1.17. The summed E-state index contributed by atoms with van der Waals surface area (Å²) in [7, 11) is 0. The minimum absolute atomic E-state index is 0.284. The Labute approximate surface area is 151 Å². The summed E-state index contributed by atoms with van der Waals surface area (Å²) in [5.74, 6) is 0.296. The maximum atomic E-state index is 13.2. The van der Waals surface area contributed by atoms with Gasteiger partial charge in [-0.3, -0.25) is 0 Å². The van der Waals surface area contributed by atoms with Gasteiger partial charge >= 0.3 is 0 Å². The van der Waals surface area contributed by atoms with E-state index in [4.69, 9.17) is 0 Å². The number of aliphatic hydroxyl groups excluding tert-OH is 4. The molecule has 0 bridgehead atoms. The van der Waals surface area contributed by atoms with Crippen LogP contribution in [0.15, 0.2) is 24.3 Å². The lowest BCUT2D eigenvalue weighted by atomic mass is 10.0. The van der Waals surface area contributed by atoms with Crippen molar-refractivity contribution < 1.29 is 24.8 Å². The van der Waals surface area contributed by atoms with Crippen LogP contribution in [-0.4, -0.2) is 65.2 Å². The first-order valence-electron chi connectivity index (χ1n) is 7.45. The van der Waals surface area contributed by atoms with Crippen molar-refractivity contribution in [3.63, 3.8) is 0 Å². The Kier molecular flexibility index (Phi) is 5.11. The molecule has 0 radical (unpaired) electrons. The number of aryl methyl sites for hydroxylation is 1. The average Bonchev–Trinajstić information content (AvgIpc) is 2.99. The first-order valence-corrected chi connectivity index (χ1v) is 9.56. The average molecular weight is 387 g/mol. The monoisotopic (exact) mass is 387 g/mol. The number of aliphatic hydroxyl groups is 4.